The molecule has 1 aromatic carbocycles. The van der Waals surface area contributed by atoms with E-state index in [4.69, 9.17) is 9.15 Å². The first-order chi connectivity index (χ1) is 12.2. The van der Waals surface area contributed by atoms with Gasteiger partial charge in [-0.05, 0) is 76.2 Å². The van der Waals surface area contributed by atoms with Crippen molar-refractivity contribution in [1.29, 1.82) is 0 Å². The van der Waals surface area contributed by atoms with Crippen LogP contribution in [0.5, 0.6) is 5.75 Å². The average Bonchev–Trinajstić information content (AvgIpc) is 3.28. The van der Waals surface area contributed by atoms with Crippen LogP contribution in [-0.4, -0.2) is 37.0 Å². The Morgan fingerprint density at radius 3 is 2.52 bits per heavy atom. The molecule has 134 valence electrons. The molecule has 0 spiro atoms. The van der Waals surface area contributed by atoms with Gasteiger partial charge in [0.2, 0.25) is 0 Å². The van der Waals surface area contributed by atoms with Crippen LogP contribution >= 0.6 is 0 Å². The van der Waals surface area contributed by atoms with Gasteiger partial charge in [-0.3, -0.25) is 9.69 Å². The highest BCUT2D eigenvalue weighted by molar-refractivity contribution is 5.94. The lowest BCUT2D eigenvalue weighted by Gasteiger charge is -2.26. The fourth-order valence-corrected chi connectivity index (χ4v) is 3.26. The summed E-state index contributed by atoms with van der Waals surface area (Å²) in [6.07, 6.45) is 2.39. The second-order valence-electron chi connectivity index (χ2n) is 6.37. The van der Waals surface area contributed by atoms with Gasteiger partial charge in [0.1, 0.15) is 17.3 Å². The summed E-state index contributed by atoms with van der Waals surface area (Å²) in [6, 6.07) is 11.3. The molecule has 3 rings (SSSR count). The zero-order valence-corrected chi connectivity index (χ0v) is 15.0. The van der Waals surface area contributed by atoms with Gasteiger partial charge < -0.3 is 14.5 Å². The number of carbonyl (C=O) groups is 1. The SMILES string of the molecule is CCOc1ccc(C(=O)NC[C@@H](c2ccc(C)o2)N2CCCC2)cc1. The molecule has 1 fully saturated rings. The molecule has 0 saturated carbocycles. The van der Waals surface area contributed by atoms with Gasteiger partial charge in [-0.2, -0.15) is 0 Å². The quantitative estimate of drug-likeness (QED) is 0.836. The molecule has 1 amide bonds. The predicted octanol–water partition coefficient (Wildman–Crippen LogP) is 3.55. The molecule has 1 aliphatic rings. The third kappa shape index (κ3) is 4.42. The number of nitrogens with zero attached hydrogens (tertiary/aromatic N) is 1. The second kappa shape index (κ2) is 8.21. The Morgan fingerprint density at radius 1 is 1.20 bits per heavy atom. The smallest absolute Gasteiger partial charge is 0.251 e. The van der Waals surface area contributed by atoms with Crippen LogP contribution in [-0.2, 0) is 0 Å². The van der Waals surface area contributed by atoms with Gasteiger partial charge in [-0.15, -0.1) is 0 Å². The van der Waals surface area contributed by atoms with Crippen LogP contribution in [0.4, 0.5) is 0 Å². The summed E-state index contributed by atoms with van der Waals surface area (Å²) in [4.78, 5) is 14.9. The first kappa shape index (κ1) is 17.5. The summed E-state index contributed by atoms with van der Waals surface area (Å²) in [5, 5.41) is 3.05. The fraction of sp³-hybridized carbons (Fsp3) is 0.450. The lowest BCUT2D eigenvalue weighted by atomic mass is 10.1. The third-order valence-corrected chi connectivity index (χ3v) is 4.55. The minimum Gasteiger partial charge on any atom is -0.494 e. The molecule has 1 N–H and O–H groups in total. The standard InChI is InChI=1S/C20H26N2O3/c1-3-24-17-9-7-16(8-10-17)20(23)21-14-18(22-12-4-5-13-22)19-11-6-15(2)25-19/h6-11,18H,3-5,12-14H2,1-2H3,(H,21,23)/t18-/m0/s1. The van der Waals surface area contributed by atoms with Crippen LogP contribution < -0.4 is 10.1 Å². The molecule has 0 aliphatic carbocycles. The molecule has 2 heterocycles. The van der Waals surface area contributed by atoms with Crippen molar-refractivity contribution in [2.24, 2.45) is 0 Å². The summed E-state index contributed by atoms with van der Waals surface area (Å²) in [5.41, 5.74) is 0.638. The minimum atomic E-state index is -0.0736. The van der Waals surface area contributed by atoms with Gasteiger partial charge in [0, 0.05) is 12.1 Å². The minimum absolute atomic E-state index is 0.0736. The highest BCUT2D eigenvalue weighted by Crippen LogP contribution is 2.26. The number of nitrogens with one attached hydrogen (secondary N) is 1. The van der Waals surface area contributed by atoms with Crippen LogP contribution in [0, 0.1) is 6.92 Å². The van der Waals surface area contributed by atoms with Crippen LogP contribution in [0.2, 0.25) is 0 Å². The monoisotopic (exact) mass is 342 g/mol. The molecule has 1 aliphatic heterocycles. The number of furan rings is 1. The molecule has 0 radical (unpaired) electrons. The molecule has 1 atom stereocenters. The van der Waals surface area contributed by atoms with Gasteiger partial charge in [0.25, 0.3) is 5.91 Å². The van der Waals surface area contributed by atoms with Crippen molar-refractivity contribution in [3.63, 3.8) is 0 Å². The van der Waals surface area contributed by atoms with Crippen molar-refractivity contribution in [2.75, 3.05) is 26.2 Å². The topological polar surface area (TPSA) is 54.7 Å². The number of aryl methyl sites for hydroxylation is 1. The molecule has 2 aromatic rings. The molecule has 5 heteroatoms. The maximum atomic E-state index is 12.5. The van der Waals surface area contributed by atoms with Crippen LogP contribution in [0.15, 0.2) is 40.8 Å². The van der Waals surface area contributed by atoms with E-state index in [-0.39, 0.29) is 11.9 Å². The van der Waals surface area contributed by atoms with E-state index in [2.05, 4.69) is 10.2 Å². The zero-order chi connectivity index (χ0) is 17.6. The van der Waals surface area contributed by atoms with E-state index in [9.17, 15) is 4.79 Å². The first-order valence-electron chi connectivity index (χ1n) is 8.99. The number of carbonyl (C=O) groups excluding carboxylic acids is 1. The Hall–Kier alpha value is -2.27. The van der Waals surface area contributed by atoms with Crippen molar-refractivity contribution in [2.45, 2.75) is 32.7 Å². The molecular weight excluding hydrogens is 316 g/mol. The highest BCUT2D eigenvalue weighted by Gasteiger charge is 2.26. The average molecular weight is 342 g/mol. The summed E-state index contributed by atoms with van der Waals surface area (Å²) >= 11 is 0. The van der Waals surface area contributed by atoms with Crippen molar-refractivity contribution < 1.29 is 13.9 Å². The summed E-state index contributed by atoms with van der Waals surface area (Å²) in [7, 11) is 0. The first-order valence-corrected chi connectivity index (χ1v) is 8.99. The van der Waals surface area contributed by atoms with Gasteiger partial charge in [-0.1, -0.05) is 0 Å². The number of ether oxygens (including phenoxy) is 1. The highest BCUT2D eigenvalue weighted by atomic mass is 16.5. The summed E-state index contributed by atoms with van der Waals surface area (Å²) in [6.45, 7) is 7.13. The van der Waals surface area contributed by atoms with Gasteiger partial charge in [0.15, 0.2) is 0 Å². The van der Waals surface area contributed by atoms with Crippen molar-refractivity contribution in [3.8, 4) is 5.75 Å². The molecule has 5 nitrogen and oxygen atoms in total. The Labute approximate surface area is 149 Å². The zero-order valence-electron chi connectivity index (χ0n) is 15.0. The number of likely N-dealkylation sites (tertiary alicyclic amines) is 1. The Morgan fingerprint density at radius 2 is 1.92 bits per heavy atom. The van der Waals surface area contributed by atoms with E-state index >= 15 is 0 Å². The largest absolute Gasteiger partial charge is 0.494 e. The summed E-state index contributed by atoms with van der Waals surface area (Å²) in [5.74, 6) is 2.53. The van der Waals surface area contributed by atoms with E-state index in [1.165, 1.54) is 12.8 Å². The molecule has 1 aromatic heterocycles. The van der Waals surface area contributed by atoms with Gasteiger partial charge in [-0.25, -0.2) is 0 Å². The number of benzene rings is 1. The van der Waals surface area contributed by atoms with E-state index in [1.54, 1.807) is 12.1 Å². The van der Waals surface area contributed by atoms with E-state index in [0.717, 1.165) is 30.4 Å². The van der Waals surface area contributed by atoms with E-state index in [0.29, 0.717) is 18.7 Å². The molecule has 25 heavy (non-hydrogen) atoms. The van der Waals surface area contributed by atoms with Crippen molar-refractivity contribution in [3.05, 3.63) is 53.5 Å². The number of amides is 1. The molecule has 1 saturated heterocycles. The van der Waals surface area contributed by atoms with E-state index in [1.807, 2.05) is 38.1 Å². The van der Waals surface area contributed by atoms with Crippen LogP contribution in [0.3, 0.4) is 0 Å². The number of hydrogen-bond acceptors (Lipinski definition) is 4. The van der Waals surface area contributed by atoms with E-state index < -0.39 is 0 Å². The Bertz CT molecular complexity index is 687. The third-order valence-electron chi connectivity index (χ3n) is 4.55. The Balaban J connectivity index is 1.64. The number of rotatable bonds is 7. The maximum Gasteiger partial charge on any atom is 0.251 e. The Kier molecular flexibility index (Phi) is 5.76. The predicted molar refractivity (Wildman–Crippen MR) is 96.9 cm³/mol. The van der Waals surface area contributed by atoms with Gasteiger partial charge >= 0.3 is 0 Å². The second-order valence-corrected chi connectivity index (χ2v) is 6.37. The van der Waals surface area contributed by atoms with Gasteiger partial charge in [0.05, 0.1) is 12.6 Å². The van der Waals surface area contributed by atoms with Crippen LogP contribution in [0.25, 0.3) is 0 Å². The lowest BCUT2D eigenvalue weighted by Crippen LogP contribution is -2.36. The number of hydrogen-bond donors (Lipinski definition) is 1. The van der Waals surface area contributed by atoms with Crippen molar-refractivity contribution >= 4 is 5.91 Å². The fourth-order valence-electron chi connectivity index (χ4n) is 3.26. The van der Waals surface area contributed by atoms with Crippen molar-refractivity contribution in [1.82, 2.24) is 10.2 Å². The normalized spacial score (nSPS) is 15.9. The molecular formula is C20H26N2O3. The van der Waals surface area contributed by atoms with Crippen LogP contribution in [0.1, 0.15) is 47.7 Å². The summed E-state index contributed by atoms with van der Waals surface area (Å²) < 4.78 is 11.2. The lowest BCUT2D eigenvalue weighted by molar-refractivity contribution is 0.0933. The maximum absolute atomic E-state index is 12.5. The molecule has 0 bridgehead atoms. The molecule has 0 unspecified atom stereocenters.